The minimum Gasteiger partial charge on any atom is -0.497 e. The molecule has 0 spiro atoms. The number of rotatable bonds is 4. The Balaban J connectivity index is 2.26. The molecular weight excluding hydrogens is 325 g/mol. The molecule has 0 unspecified atom stereocenters. The summed E-state index contributed by atoms with van der Waals surface area (Å²) in [6.45, 7) is 1.80. The normalized spacial score (nSPS) is 12.1. The van der Waals surface area contributed by atoms with E-state index in [1.807, 2.05) is 0 Å². The van der Waals surface area contributed by atoms with Crippen LogP contribution in [-0.2, 0) is 0 Å². The van der Waals surface area contributed by atoms with Crippen molar-refractivity contribution in [1.82, 2.24) is 0 Å². The van der Waals surface area contributed by atoms with Gasteiger partial charge >= 0.3 is 0 Å². The number of benzene rings is 2. The van der Waals surface area contributed by atoms with Crippen molar-refractivity contribution in [3.63, 3.8) is 0 Å². The average molecular weight is 340 g/mol. The Morgan fingerprint density at radius 1 is 1.15 bits per heavy atom. The summed E-state index contributed by atoms with van der Waals surface area (Å²) in [6, 6.07) is 9.70. The van der Waals surface area contributed by atoms with Crippen molar-refractivity contribution in [2.24, 2.45) is 5.73 Å². The lowest BCUT2D eigenvalue weighted by Crippen LogP contribution is -2.05. The summed E-state index contributed by atoms with van der Waals surface area (Å²) >= 11 is 3.36. The van der Waals surface area contributed by atoms with E-state index in [1.54, 1.807) is 44.4 Å². The molecule has 106 valence electrons. The molecule has 0 aromatic heterocycles. The summed E-state index contributed by atoms with van der Waals surface area (Å²) in [5, 5.41) is 0. The van der Waals surface area contributed by atoms with Crippen LogP contribution in [0.5, 0.6) is 17.2 Å². The van der Waals surface area contributed by atoms with Crippen LogP contribution in [-0.4, -0.2) is 7.11 Å². The molecule has 0 bridgehead atoms. The number of methoxy groups -OCH3 is 1. The van der Waals surface area contributed by atoms with Gasteiger partial charge in [-0.2, -0.15) is 0 Å². The second-order valence-electron chi connectivity index (χ2n) is 4.38. The molecule has 3 nitrogen and oxygen atoms in total. The zero-order valence-electron chi connectivity index (χ0n) is 11.2. The predicted molar refractivity (Wildman–Crippen MR) is 79.8 cm³/mol. The van der Waals surface area contributed by atoms with Crippen molar-refractivity contribution in [3.05, 3.63) is 52.3 Å². The molecule has 0 saturated heterocycles. The van der Waals surface area contributed by atoms with Crippen molar-refractivity contribution in [3.8, 4) is 17.2 Å². The first kappa shape index (κ1) is 14.8. The molecule has 0 aliphatic rings. The molecule has 5 heteroatoms. The standard InChI is InChI=1S/C15H15BrFNO2/c1-9(18)10-3-5-15(13(17)7-10)20-14-6-4-11(19-2)8-12(14)16/h3-9H,18H2,1-2H3/t9-/m1/s1. The zero-order chi connectivity index (χ0) is 14.7. The lowest BCUT2D eigenvalue weighted by molar-refractivity contribution is 0.410. The van der Waals surface area contributed by atoms with E-state index in [1.165, 1.54) is 6.07 Å². The fourth-order valence-electron chi connectivity index (χ4n) is 1.69. The van der Waals surface area contributed by atoms with Gasteiger partial charge in [-0.05, 0) is 58.7 Å². The van der Waals surface area contributed by atoms with Crippen molar-refractivity contribution in [2.45, 2.75) is 13.0 Å². The van der Waals surface area contributed by atoms with Crippen LogP contribution >= 0.6 is 15.9 Å². The van der Waals surface area contributed by atoms with Gasteiger partial charge in [0.25, 0.3) is 0 Å². The van der Waals surface area contributed by atoms with Gasteiger partial charge in [0, 0.05) is 6.04 Å². The largest absolute Gasteiger partial charge is 0.497 e. The van der Waals surface area contributed by atoms with E-state index in [-0.39, 0.29) is 11.8 Å². The van der Waals surface area contributed by atoms with Crippen LogP contribution in [0.25, 0.3) is 0 Å². The fraction of sp³-hybridized carbons (Fsp3) is 0.200. The Morgan fingerprint density at radius 3 is 2.40 bits per heavy atom. The average Bonchev–Trinajstić information content (AvgIpc) is 2.42. The maximum absolute atomic E-state index is 14.0. The maximum atomic E-state index is 14.0. The quantitative estimate of drug-likeness (QED) is 0.897. The Hall–Kier alpha value is -1.59. The number of ether oxygens (including phenoxy) is 2. The van der Waals surface area contributed by atoms with E-state index >= 15 is 0 Å². The highest BCUT2D eigenvalue weighted by molar-refractivity contribution is 9.10. The Labute approximate surface area is 125 Å². The van der Waals surface area contributed by atoms with Crippen LogP contribution in [0.4, 0.5) is 4.39 Å². The number of hydrogen-bond donors (Lipinski definition) is 1. The predicted octanol–water partition coefficient (Wildman–Crippen LogP) is 4.41. The van der Waals surface area contributed by atoms with Crippen LogP contribution in [0.15, 0.2) is 40.9 Å². The van der Waals surface area contributed by atoms with E-state index in [0.717, 1.165) is 5.56 Å². The van der Waals surface area contributed by atoms with Gasteiger partial charge in [-0.25, -0.2) is 4.39 Å². The van der Waals surface area contributed by atoms with Crippen LogP contribution in [0.3, 0.4) is 0 Å². The van der Waals surface area contributed by atoms with Gasteiger partial charge in [-0.1, -0.05) is 6.07 Å². The molecule has 0 amide bonds. The summed E-state index contributed by atoms with van der Waals surface area (Å²) in [7, 11) is 1.58. The van der Waals surface area contributed by atoms with Gasteiger partial charge in [-0.3, -0.25) is 0 Å². The number of nitrogens with two attached hydrogens (primary N) is 1. The highest BCUT2D eigenvalue weighted by Crippen LogP contribution is 2.34. The van der Waals surface area contributed by atoms with Crippen LogP contribution in [0.1, 0.15) is 18.5 Å². The van der Waals surface area contributed by atoms with Gasteiger partial charge in [-0.15, -0.1) is 0 Å². The molecule has 0 fully saturated rings. The van der Waals surface area contributed by atoms with Gasteiger partial charge in [0.2, 0.25) is 0 Å². The molecule has 2 aromatic carbocycles. The van der Waals surface area contributed by atoms with Crippen molar-refractivity contribution in [1.29, 1.82) is 0 Å². The summed E-state index contributed by atoms with van der Waals surface area (Å²) in [4.78, 5) is 0. The Kier molecular flexibility index (Phi) is 4.62. The van der Waals surface area contributed by atoms with E-state index < -0.39 is 5.82 Å². The minimum absolute atomic E-state index is 0.153. The van der Waals surface area contributed by atoms with Crippen molar-refractivity contribution in [2.75, 3.05) is 7.11 Å². The number of hydrogen-bond acceptors (Lipinski definition) is 3. The Morgan fingerprint density at radius 2 is 1.85 bits per heavy atom. The summed E-state index contributed by atoms with van der Waals surface area (Å²) in [5.41, 5.74) is 6.44. The first-order valence-electron chi connectivity index (χ1n) is 6.07. The third-order valence-corrected chi connectivity index (χ3v) is 3.46. The molecule has 0 heterocycles. The topological polar surface area (TPSA) is 44.5 Å². The van der Waals surface area contributed by atoms with Gasteiger partial charge in [0.15, 0.2) is 11.6 Å². The molecule has 0 aliphatic heterocycles. The molecule has 0 saturated carbocycles. The molecule has 2 rings (SSSR count). The molecule has 20 heavy (non-hydrogen) atoms. The van der Waals surface area contributed by atoms with E-state index in [9.17, 15) is 4.39 Å². The smallest absolute Gasteiger partial charge is 0.166 e. The molecule has 0 radical (unpaired) electrons. The third-order valence-electron chi connectivity index (χ3n) is 2.84. The molecule has 2 aromatic rings. The molecular formula is C15H15BrFNO2. The SMILES string of the molecule is COc1ccc(Oc2ccc([C@@H](C)N)cc2F)c(Br)c1. The summed E-state index contributed by atoms with van der Waals surface area (Å²) < 4.78 is 25.3. The van der Waals surface area contributed by atoms with E-state index in [4.69, 9.17) is 15.2 Å². The minimum atomic E-state index is -0.442. The highest BCUT2D eigenvalue weighted by atomic mass is 79.9. The lowest BCUT2D eigenvalue weighted by atomic mass is 10.1. The van der Waals surface area contributed by atoms with Crippen LogP contribution in [0.2, 0.25) is 0 Å². The summed E-state index contributed by atoms with van der Waals surface area (Å²) in [5.74, 6) is 0.915. The molecule has 0 aliphatic carbocycles. The van der Waals surface area contributed by atoms with E-state index in [0.29, 0.717) is 16.0 Å². The maximum Gasteiger partial charge on any atom is 0.166 e. The lowest BCUT2D eigenvalue weighted by Gasteiger charge is -2.12. The first-order valence-corrected chi connectivity index (χ1v) is 6.87. The van der Waals surface area contributed by atoms with Gasteiger partial charge in [0.05, 0.1) is 11.6 Å². The summed E-state index contributed by atoms with van der Waals surface area (Å²) in [6.07, 6.45) is 0. The monoisotopic (exact) mass is 339 g/mol. The van der Waals surface area contributed by atoms with Crippen LogP contribution in [0, 0.1) is 5.82 Å². The number of halogens is 2. The van der Waals surface area contributed by atoms with Crippen LogP contribution < -0.4 is 15.2 Å². The van der Waals surface area contributed by atoms with Gasteiger partial charge < -0.3 is 15.2 Å². The highest BCUT2D eigenvalue weighted by Gasteiger charge is 2.10. The second-order valence-corrected chi connectivity index (χ2v) is 5.23. The van der Waals surface area contributed by atoms with Crippen molar-refractivity contribution >= 4 is 15.9 Å². The Bertz CT molecular complexity index is 617. The van der Waals surface area contributed by atoms with Gasteiger partial charge in [0.1, 0.15) is 11.5 Å². The van der Waals surface area contributed by atoms with Crippen molar-refractivity contribution < 1.29 is 13.9 Å². The zero-order valence-corrected chi connectivity index (χ0v) is 12.8. The second kappa shape index (κ2) is 6.24. The van der Waals surface area contributed by atoms with E-state index in [2.05, 4.69) is 15.9 Å². The third kappa shape index (κ3) is 3.29. The molecule has 1 atom stereocenters. The fourth-order valence-corrected chi connectivity index (χ4v) is 2.13. The first-order chi connectivity index (χ1) is 9.51. The molecule has 2 N–H and O–H groups in total.